The fraction of sp³-hybridized carbons (Fsp3) is 0.619. The molecule has 0 saturated carbocycles. The minimum atomic E-state index is 0.116. The summed E-state index contributed by atoms with van der Waals surface area (Å²) in [7, 11) is 0. The molecule has 2 aromatic heterocycles. The van der Waals surface area contributed by atoms with Crippen molar-refractivity contribution in [3.8, 4) is 0 Å². The molecule has 2 unspecified atom stereocenters. The normalized spacial score (nSPS) is 23.4. The maximum absolute atomic E-state index is 12.3. The third kappa shape index (κ3) is 3.56. The van der Waals surface area contributed by atoms with Gasteiger partial charge in [0.15, 0.2) is 0 Å². The van der Waals surface area contributed by atoms with Crippen LogP contribution in [0.3, 0.4) is 0 Å². The van der Waals surface area contributed by atoms with E-state index in [9.17, 15) is 4.79 Å². The van der Waals surface area contributed by atoms with Gasteiger partial charge in [0.2, 0.25) is 17.8 Å². The van der Waals surface area contributed by atoms with Crippen molar-refractivity contribution in [3.63, 3.8) is 0 Å². The summed E-state index contributed by atoms with van der Waals surface area (Å²) in [6.45, 7) is 8.70. The summed E-state index contributed by atoms with van der Waals surface area (Å²) in [6, 6.07) is 5.91. The monoisotopic (exact) mass is 395 g/mol. The van der Waals surface area contributed by atoms with Gasteiger partial charge in [-0.25, -0.2) is 0 Å². The van der Waals surface area contributed by atoms with Gasteiger partial charge in [0.25, 0.3) is 5.56 Å². The van der Waals surface area contributed by atoms with Crippen LogP contribution in [0.25, 0.3) is 0 Å². The average molecular weight is 396 g/mol. The van der Waals surface area contributed by atoms with Crippen LogP contribution >= 0.6 is 0 Å². The minimum absolute atomic E-state index is 0.116. The molecule has 3 aliphatic heterocycles. The second kappa shape index (κ2) is 7.31. The number of piperidine rings is 1. The van der Waals surface area contributed by atoms with Crippen LogP contribution in [0.15, 0.2) is 23.0 Å². The van der Waals surface area contributed by atoms with Gasteiger partial charge in [-0.1, -0.05) is 6.07 Å². The molecule has 8 heteroatoms. The molecule has 0 amide bonds. The number of anilines is 3. The van der Waals surface area contributed by atoms with E-state index < -0.39 is 0 Å². The lowest BCUT2D eigenvalue weighted by atomic mass is 9.83. The predicted molar refractivity (Wildman–Crippen MR) is 114 cm³/mol. The van der Waals surface area contributed by atoms with Crippen LogP contribution in [0, 0.1) is 5.92 Å². The number of rotatable bonds is 4. The second-order valence-electron chi connectivity index (χ2n) is 8.86. The van der Waals surface area contributed by atoms with Crippen LogP contribution in [0.2, 0.25) is 0 Å². The molecule has 154 valence electrons. The lowest BCUT2D eigenvalue weighted by Gasteiger charge is -2.42. The van der Waals surface area contributed by atoms with Gasteiger partial charge < -0.3 is 19.7 Å². The smallest absolute Gasteiger partial charge is 0.250 e. The molecule has 1 N–H and O–H groups in total. The first-order chi connectivity index (χ1) is 14.1. The van der Waals surface area contributed by atoms with E-state index in [0.717, 1.165) is 56.7 Å². The zero-order valence-corrected chi connectivity index (χ0v) is 17.2. The van der Waals surface area contributed by atoms with Crippen molar-refractivity contribution in [1.29, 1.82) is 0 Å². The standard InChI is InChI=1S/C21H29N7O/c1-14(2)22-19-23-20(26-8-3-4-9-26)25-21(24-19)27-11-15-10-16(13-27)17-6-5-7-18(29)28(17)12-15/h5-7,14-16H,3-4,8-13H2,1-2H3,(H,22,23,24,25). The Kier molecular flexibility index (Phi) is 4.64. The number of hydrogen-bond acceptors (Lipinski definition) is 7. The van der Waals surface area contributed by atoms with E-state index in [1.54, 1.807) is 6.07 Å². The van der Waals surface area contributed by atoms with Crippen LogP contribution < -0.4 is 20.7 Å². The summed E-state index contributed by atoms with van der Waals surface area (Å²) in [6.07, 6.45) is 3.50. The molecule has 29 heavy (non-hydrogen) atoms. The van der Waals surface area contributed by atoms with E-state index in [2.05, 4.69) is 35.0 Å². The number of nitrogens with one attached hydrogen (secondary N) is 1. The topological polar surface area (TPSA) is 79.2 Å². The Balaban J connectivity index is 1.47. The highest BCUT2D eigenvalue weighted by Crippen LogP contribution is 2.36. The molecule has 5 heterocycles. The average Bonchev–Trinajstić information content (AvgIpc) is 3.23. The maximum Gasteiger partial charge on any atom is 0.250 e. The Morgan fingerprint density at radius 3 is 2.52 bits per heavy atom. The van der Waals surface area contributed by atoms with Crippen molar-refractivity contribution in [2.45, 2.75) is 51.6 Å². The molecule has 2 bridgehead atoms. The van der Waals surface area contributed by atoms with Gasteiger partial charge in [0.1, 0.15) is 0 Å². The number of nitrogens with zero attached hydrogens (tertiary/aromatic N) is 6. The molecular weight excluding hydrogens is 366 g/mol. The van der Waals surface area contributed by atoms with Crippen molar-refractivity contribution in [3.05, 3.63) is 34.2 Å². The number of hydrogen-bond donors (Lipinski definition) is 1. The zero-order chi connectivity index (χ0) is 20.0. The molecule has 5 rings (SSSR count). The van der Waals surface area contributed by atoms with E-state index in [1.807, 2.05) is 10.6 Å². The molecule has 3 aliphatic rings. The van der Waals surface area contributed by atoms with Crippen molar-refractivity contribution >= 4 is 17.8 Å². The van der Waals surface area contributed by atoms with Gasteiger partial charge in [-0.05, 0) is 45.1 Å². The van der Waals surface area contributed by atoms with E-state index in [4.69, 9.17) is 15.0 Å². The Labute approximate surface area is 171 Å². The lowest BCUT2D eigenvalue weighted by molar-refractivity contribution is 0.279. The summed E-state index contributed by atoms with van der Waals surface area (Å²) in [5.74, 6) is 2.97. The molecule has 2 aromatic rings. The Morgan fingerprint density at radius 2 is 1.76 bits per heavy atom. The molecule has 8 nitrogen and oxygen atoms in total. The fourth-order valence-corrected chi connectivity index (χ4v) is 4.94. The third-order valence-corrected chi connectivity index (χ3v) is 6.18. The highest BCUT2D eigenvalue weighted by atomic mass is 16.1. The number of fused-ring (bicyclic) bond motifs is 4. The van der Waals surface area contributed by atoms with E-state index >= 15 is 0 Å². The summed E-state index contributed by atoms with van der Waals surface area (Å²) >= 11 is 0. The van der Waals surface area contributed by atoms with Crippen LogP contribution in [-0.4, -0.2) is 51.7 Å². The summed E-state index contributed by atoms with van der Waals surface area (Å²) in [5, 5.41) is 3.36. The van der Waals surface area contributed by atoms with Gasteiger partial charge >= 0.3 is 0 Å². The minimum Gasteiger partial charge on any atom is -0.352 e. The first kappa shape index (κ1) is 18.4. The molecule has 0 radical (unpaired) electrons. The Morgan fingerprint density at radius 1 is 1.00 bits per heavy atom. The van der Waals surface area contributed by atoms with Crippen LogP contribution in [0.4, 0.5) is 17.8 Å². The van der Waals surface area contributed by atoms with Gasteiger partial charge in [-0.15, -0.1) is 0 Å². The maximum atomic E-state index is 12.3. The third-order valence-electron chi connectivity index (χ3n) is 6.18. The molecule has 0 aromatic carbocycles. The highest BCUT2D eigenvalue weighted by molar-refractivity contribution is 5.47. The predicted octanol–water partition coefficient (Wildman–Crippen LogP) is 2.08. The van der Waals surface area contributed by atoms with Gasteiger partial charge in [-0.2, -0.15) is 15.0 Å². The lowest BCUT2D eigenvalue weighted by Crippen LogP contribution is -2.47. The first-order valence-corrected chi connectivity index (χ1v) is 10.8. The second-order valence-corrected chi connectivity index (χ2v) is 8.86. The molecule has 2 saturated heterocycles. The largest absolute Gasteiger partial charge is 0.352 e. The van der Waals surface area contributed by atoms with Crippen LogP contribution in [0.5, 0.6) is 0 Å². The molecule has 2 fully saturated rings. The summed E-state index contributed by atoms with van der Waals surface area (Å²) in [5.41, 5.74) is 1.26. The SMILES string of the molecule is CC(C)Nc1nc(N2CCCC2)nc(N2CC3CC(C2)c2cccc(=O)n2C3)n1. The fourth-order valence-electron chi connectivity index (χ4n) is 4.94. The molecular formula is C21H29N7O. The van der Waals surface area contributed by atoms with Crippen molar-refractivity contribution in [2.75, 3.05) is 41.3 Å². The summed E-state index contributed by atoms with van der Waals surface area (Å²) in [4.78, 5) is 31.2. The van der Waals surface area contributed by atoms with E-state index in [1.165, 1.54) is 12.8 Å². The molecule has 2 atom stereocenters. The summed E-state index contributed by atoms with van der Waals surface area (Å²) < 4.78 is 1.96. The van der Waals surface area contributed by atoms with Crippen molar-refractivity contribution in [2.24, 2.45) is 5.92 Å². The number of pyridine rings is 1. The quantitative estimate of drug-likeness (QED) is 0.849. The van der Waals surface area contributed by atoms with Crippen LogP contribution in [-0.2, 0) is 6.54 Å². The Bertz CT molecular complexity index is 950. The van der Waals surface area contributed by atoms with Crippen molar-refractivity contribution < 1.29 is 0 Å². The Hall–Kier alpha value is -2.64. The van der Waals surface area contributed by atoms with Gasteiger partial charge in [-0.3, -0.25) is 4.79 Å². The van der Waals surface area contributed by atoms with Crippen molar-refractivity contribution in [1.82, 2.24) is 19.5 Å². The molecule has 0 spiro atoms. The van der Waals surface area contributed by atoms with Gasteiger partial charge in [0, 0.05) is 56.4 Å². The number of aromatic nitrogens is 4. The highest BCUT2D eigenvalue weighted by Gasteiger charge is 2.36. The first-order valence-electron chi connectivity index (χ1n) is 10.8. The van der Waals surface area contributed by atoms with Gasteiger partial charge in [0.05, 0.1) is 0 Å². The zero-order valence-electron chi connectivity index (χ0n) is 17.2. The molecule has 0 aliphatic carbocycles. The van der Waals surface area contributed by atoms with E-state index in [-0.39, 0.29) is 11.6 Å². The van der Waals surface area contributed by atoms with E-state index in [0.29, 0.717) is 17.8 Å². The van der Waals surface area contributed by atoms with Crippen LogP contribution in [0.1, 0.15) is 44.7 Å².